The van der Waals surface area contributed by atoms with E-state index in [4.69, 9.17) is 14.5 Å². The average molecular weight is 229 g/mol. The molecule has 0 aliphatic rings. The number of ether oxygens (including phenoxy) is 1. The second-order valence-electron chi connectivity index (χ2n) is 4.39. The Bertz CT molecular complexity index is 254. The van der Waals surface area contributed by atoms with Gasteiger partial charge in [0.2, 0.25) is 0 Å². The fourth-order valence-corrected chi connectivity index (χ4v) is 0.599. The van der Waals surface area contributed by atoms with Crippen molar-refractivity contribution in [2.24, 2.45) is 0 Å². The maximum atomic E-state index is 11.3. The number of carbonyl (C=O) groups is 1. The molecule has 4 nitrogen and oxygen atoms in total. The van der Waals surface area contributed by atoms with Gasteiger partial charge in [0.05, 0.1) is 5.57 Å². The van der Waals surface area contributed by atoms with Crippen LogP contribution in [-0.2, 0) is 19.3 Å². The van der Waals surface area contributed by atoms with E-state index in [2.05, 4.69) is 0 Å². The monoisotopic (exact) mass is 229 g/mol. The standard InChI is InChI=1S/C12H21O4/c1-7-12(5,6)16-14-8-10(4)11(13)15-9(2)3/h8H,7H2,1-6H3. The quantitative estimate of drug-likeness (QED) is 0.231. The van der Waals surface area contributed by atoms with E-state index in [0.717, 1.165) is 6.42 Å². The summed E-state index contributed by atoms with van der Waals surface area (Å²) in [7, 11) is 0. The van der Waals surface area contributed by atoms with E-state index in [-0.39, 0.29) is 5.60 Å². The SMILES string of the molecule is CCC(C)(C)OOC=C(C)C(=O)O[C](C)C. The van der Waals surface area contributed by atoms with Crippen LogP contribution in [0.4, 0.5) is 0 Å². The molecule has 0 heterocycles. The first-order chi connectivity index (χ1) is 7.28. The van der Waals surface area contributed by atoms with Gasteiger partial charge in [0.25, 0.3) is 0 Å². The maximum absolute atomic E-state index is 11.3. The summed E-state index contributed by atoms with van der Waals surface area (Å²) in [6.07, 6.45) is 2.65. The Balaban J connectivity index is 4.10. The first-order valence-electron chi connectivity index (χ1n) is 5.32. The Hall–Kier alpha value is -1.03. The lowest BCUT2D eigenvalue weighted by Gasteiger charge is -2.20. The molecule has 0 amide bonds. The van der Waals surface area contributed by atoms with E-state index in [1.165, 1.54) is 6.26 Å². The van der Waals surface area contributed by atoms with Crippen LogP contribution >= 0.6 is 0 Å². The average Bonchev–Trinajstić information content (AvgIpc) is 2.16. The molecule has 0 N–H and O–H groups in total. The predicted molar refractivity (Wildman–Crippen MR) is 61.0 cm³/mol. The van der Waals surface area contributed by atoms with Crippen molar-refractivity contribution >= 4 is 5.97 Å². The highest BCUT2D eigenvalue weighted by molar-refractivity contribution is 5.87. The van der Waals surface area contributed by atoms with Gasteiger partial charge in [-0.05, 0) is 41.0 Å². The molecule has 0 aromatic heterocycles. The van der Waals surface area contributed by atoms with Gasteiger partial charge in [-0.3, -0.25) is 0 Å². The van der Waals surface area contributed by atoms with Crippen LogP contribution in [0.3, 0.4) is 0 Å². The summed E-state index contributed by atoms with van der Waals surface area (Å²) in [6, 6.07) is 0. The maximum Gasteiger partial charge on any atom is 0.337 e. The van der Waals surface area contributed by atoms with Gasteiger partial charge in [-0.2, -0.15) is 4.89 Å². The highest BCUT2D eigenvalue weighted by Crippen LogP contribution is 2.14. The number of carbonyl (C=O) groups excluding carboxylic acids is 1. The molecule has 0 rings (SSSR count). The van der Waals surface area contributed by atoms with Crippen LogP contribution < -0.4 is 0 Å². The van der Waals surface area contributed by atoms with Gasteiger partial charge in [-0.25, -0.2) is 4.79 Å². The fraction of sp³-hybridized carbons (Fsp3) is 0.667. The van der Waals surface area contributed by atoms with E-state index in [1.807, 2.05) is 20.8 Å². The highest BCUT2D eigenvalue weighted by Gasteiger charge is 2.17. The molecule has 0 aromatic carbocycles. The Morgan fingerprint density at radius 3 is 2.25 bits per heavy atom. The van der Waals surface area contributed by atoms with Crippen LogP contribution in [0.1, 0.15) is 48.0 Å². The molecule has 0 bridgehead atoms. The van der Waals surface area contributed by atoms with Gasteiger partial charge < -0.3 is 9.62 Å². The molecule has 0 atom stereocenters. The summed E-state index contributed by atoms with van der Waals surface area (Å²) >= 11 is 0. The van der Waals surface area contributed by atoms with Crippen molar-refractivity contribution in [3.63, 3.8) is 0 Å². The Labute approximate surface area is 97.5 Å². The van der Waals surface area contributed by atoms with Gasteiger partial charge in [0.1, 0.15) is 18.0 Å². The summed E-state index contributed by atoms with van der Waals surface area (Å²) in [5, 5.41) is 0. The number of esters is 1. The largest absolute Gasteiger partial charge is 0.452 e. The molecule has 0 aromatic rings. The van der Waals surface area contributed by atoms with Gasteiger partial charge in [-0.15, -0.1) is 0 Å². The van der Waals surface area contributed by atoms with Crippen LogP contribution in [0.25, 0.3) is 0 Å². The zero-order chi connectivity index (χ0) is 12.8. The van der Waals surface area contributed by atoms with E-state index in [1.54, 1.807) is 20.8 Å². The third kappa shape index (κ3) is 6.45. The zero-order valence-electron chi connectivity index (χ0n) is 10.9. The minimum atomic E-state index is -0.432. The second kappa shape index (κ2) is 6.53. The molecule has 0 aliphatic heterocycles. The Morgan fingerprint density at radius 1 is 1.25 bits per heavy atom. The minimum absolute atomic E-state index is 0.355. The summed E-state index contributed by atoms with van der Waals surface area (Å²) in [4.78, 5) is 21.3. The lowest BCUT2D eigenvalue weighted by Crippen LogP contribution is -2.22. The van der Waals surface area contributed by atoms with Crippen molar-refractivity contribution in [1.82, 2.24) is 0 Å². The fourth-order valence-electron chi connectivity index (χ4n) is 0.599. The van der Waals surface area contributed by atoms with Crippen molar-refractivity contribution in [3.05, 3.63) is 17.9 Å². The molecule has 0 unspecified atom stereocenters. The van der Waals surface area contributed by atoms with E-state index < -0.39 is 5.97 Å². The van der Waals surface area contributed by atoms with Crippen LogP contribution in [0.5, 0.6) is 0 Å². The van der Waals surface area contributed by atoms with E-state index >= 15 is 0 Å². The summed E-state index contributed by atoms with van der Waals surface area (Å²) < 4.78 is 4.89. The van der Waals surface area contributed by atoms with Crippen LogP contribution in [0, 0.1) is 6.10 Å². The predicted octanol–water partition coefficient (Wildman–Crippen LogP) is 3.14. The van der Waals surface area contributed by atoms with E-state index in [0.29, 0.717) is 11.7 Å². The first kappa shape index (κ1) is 15.0. The third-order valence-corrected chi connectivity index (χ3v) is 1.97. The minimum Gasteiger partial charge on any atom is -0.452 e. The van der Waals surface area contributed by atoms with E-state index in [9.17, 15) is 4.79 Å². The number of hydrogen-bond donors (Lipinski definition) is 0. The van der Waals surface area contributed by atoms with Crippen molar-refractivity contribution in [1.29, 1.82) is 0 Å². The Morgan fingerprint density at radius 2 is 1.81 bits per heavy atom. The molecule has 4 heteroatoms. The van der Waals surface area contributed by atoms with Gasteiger partial charge >= 0.3 is 5.97 Å². The lowest BCUT2D eigenvalue weighted by molar-refractivity contribution is -0.317. The van der Waals surface area contributed by atoms with Crippen LogP contribution in [0.15, 0.2) is 11.8 Å². The van der Waals surface area contributed by atoms with Crippen molar-refractivity contribution < 1.29 is 19.3 Å². The second-order valence-corrected chi connectivity index (χ2v) is 4.39. The summed E-state index contributed by atoms with van der Waals surface area (Å²) in [5.74, 6) is -0.432. The van der Waals surface area contributed by atoms with Crippen molar-refractivity contribution in [2.75, 3.05) is 0 Å². The molecule has 93 valence electrons. The summed E-state index contributed by atoms with van der Waals surface area (Å²) in [5.41, 5.74) is -0.0129. The first-order valence-corrected chi connectivity index (χ1v) is 5.32. The molecule has 0 spiro atoms. The Kier molecular flexibility index (Phi) is 6.11. The normalized spacial score (nSPS) is 12.8. The number of rotatable bonds is 6. The molecular weight excluding hydrogens is 208 g/mol. The van der Waals surface area contributed by atoms with Gasteiger partial charge in [0.15, 0.2) is 0 Å². The molecule has 1 radical (unpaired) electrons. The number of hydrogen-bond acceptors (Lipinski definition) is 4. The highest BCUT2D eigenvalue weighted by atomic mass is 17.2. The van der Waals surface area contributed by atoms with Gasteiger partial charge in [0, 0.05) is 0 Å². The van der Waals surface area contributed by atoms with Crippen LogP contribution in [-0.4, -0.2) is 11.6 Å². The summed E-state index contributed by atoms with van der Waals surface area (Å²) in [6.45, 7) is 10.8. The third-order valence-electron chi connectivity index (χ3n) is 1.97. The molecule has 0 fully saturated rings. The molecule has 0 saturated heterocycles. The smallest absolute Gasteiger partial charge is 0.337 e. The zero-order valence-corrected chi connectivity index (χ0v) is 10.9. The topological polar surface area (TPSA) is 44.8 Å². The van der Waals surface area contributed by atoms with Crippen LogP contribution in [0.2, 0.25) is 0 Å². The molecule has 0 saturated carbocycles. The van der Waals surface area contributed by atoms with Crippen molar-refractivity contribution in [2.45, 2.75) is 53.6 Å². The molecule has 16 heavy (non-hydrogen) atoms. The van der Waals surface area contributed by atoms with Gasteiger partial charge in [-0.1, -0.05) is 6.92 Å². The lowest BCUT2D eigenvalue weighted by atomic mass is 10.1. The molecule has 0 aliphatic carbocycles. The van der Waals surface area contributed by atoms with Crippen molar-refractivity contribution in [3.8, 4) is 0 Å². The molecular formula is C12H21O4.